The molecule has 0 aliphatic rings. The Labute approximate surface area is 138 Å². The lowest BCUT2D eigenvalue weighted by Gasteiger charge is -2.15. The highest BCUT2D eigenvalue weighted by Gasteiger charge is 2.16. The fourth-order valence-corrected chi connectivity index (χ4v) is 2.21. The Morgan fingerprint density at radius 2 is 1.86 bits per heavy atom. The van der Waals surface area contributed by atoms with Crippen molar-refractivity contribution in [1.29, 1.82) is 0 Å². The minimum Gasteiger partial charge on any atom is -0.494 e. The molecule has 0 bridgehead atoms. The van der Waals surface area contributed by atoms with Crippen molar-refractivity contribution in [2.75, 3.05) is 11.9 Å². The minimum absolute atomic E-state index is 0.208. The molecule has 116 valence electrons. The number of rotatable bonds is 6. The fourth-order valence-electron chi connectivity index (χ4n) is 1.83. The third-order valence-corrected chi connectivity index (χ3v) is 3.60. The molecule has 1 unspecified atom stereocenters. The van der Waals surface area contributed by atoms with E-state index in [2.05, 4.69) is 21.2 Å². The molecule has 0 heterocycles. The van der Waals surface area contributed by atoms with Gasteiger partial charge in [0.05, 0.1) is 11.1 Å². The van der Waals surface area contributed by atoms with E-state index in [1.54, 1.807) is 19.1 Å². The maximum absolute atomic E-state index is 12.2. The third-order valence-electron chi connectivity index (χ3n) is 2.94. The highest BCUT2D eigenvalue weighted by atomic mass is 79.9. The van der Waals surface area contributed by atoms with Crippen molar-refractivity contribution in [2.45, 2.75) is 20.0 Å². The lowest BCUT2D eigenvalue weighted by Crippen LogP contribution is -2.30. The van der Waals surface area contributed by atoms with Crippen LogP contribution >= 0.6 is 15.9 Å². The number of hydrogen-bond acceptors (Lipinski definition) is 3. The van der Waals surface area contributed by atoms with Crippen LogP contribution in [0.4, 0.5) is 5.69 Å². The monoisotopic (exact) mass is 363 g/mol. The lowest BCUT2D eigenvalue weighted by molar-refractivity contribution is -0.122. The second-order valence-corrected chi connectivity index (χ2v) is 5.49. The molecule has 2 aromatic rings. The van der Waals surface area contributed by atoms with Crippen LogP contribution < -0.4 is 14.8 Å². The third kappa shape index (κ3) is 4.49. The van der Waals surface area contributed by atoms with E-state index in [1.807, 2.05) is 43.3 Å². The van der Waals surface area contributed by atoms with Crippen molar-refractivity contribution in [1.82, 2.24) is 0 Å². The Hall–Kier alpha value is -2.01. The number of halogens is 1. The van der Waals surface area contributed by atoms with Gasteiger partial charge in [-0.15, -0.1) is 0 Å². The number of hydrogen-bond donors (Lipinski definition) is 1. The van der Waals surface area contributed by atoms with E-state index < -0.39 is 6.10 Å². The quantitative estimate of drug-likeness (QED) is 0.834. The van der Waals surface area contributed by atoms with Gasteiger partial charge in [0.2, 0.25) is 0 Å². The zero-order valence-corrected chi connectivity index (χ0v) is 14.1. The maximum Gasteiger partial charge on any atom is 0.265 e. The van der Waals surface area contributed by atoms with Crippen LogP contribution in [0.15, 0.2) is 53.0 Å². The van der Waals surface area contributed by atoms with Crippen LogP contribution in [0.2, 0.25) is 0 Å². The lowest BCUT2D eigenvalue weighted by atomic mass is 10.2. The molecule has 0 fully saturated rings. The molecule has 2 rings (SSSR count). The number of para-hydroxylation sites is 1. The zero-order valence-electron chi connectivity index (χ0n) is 12.5. The predicted molar refractivity (Wildman–Crippen MR) is 90.5 cm³/mol. The van der Waals surface area contributed by atoms with Crippen molar-refractivity contribution in [2.24, 2.45) is 0 Å². The van der Waals surface area contributed by atoms with Gasteiger partial charge in [0.1, 0.15) is 11.5 Å². The van der Waals surface area contributed by atoms with Crippen molar-refractivity contribution in [3.05, 3.63) is 53.0 Å². The standard InChI is InChI=1S/C17H18BrNO3/c1-3-21-14-10-8-13(9-11-14)19-17(20)12(2)22-16-7-5-4-6-15(16)18/h4-12H,3H2,1-2H3,(H,19,20). The molecule has 2 aromatic carbocycles. The zero-order chi connectivity index (χ0) is 15.9. The summed E-state index contributed by atoms with van der Waals surface area (Å²) in [6.45, 7) is 4.25. The first-order valence-corrected chi connectivity index (χ1v) is 7.84. The van der Waals surface area contributed by atoms with Gasteiger partial charge in [-0.2, -0.15) is 0 Å². The maximum atomic E-state index is 12.2. The number of benzene rings is 2. The molecule has 0 aliphatic carbocycles. The highest BCUT2D eigenvalue weighted by Crippen LogP contribution is 2.25. The molecule has 1 N–H and O–H groups in total. The topological polar surface area (TPSA) is 47.6 Å². The molecule has 1 amide bonds. The Balaban J connectivity index is 1.95. The van der Waals surface area contributed by atoms with Crippen molar-refractivity contribution in [3.8, 4) is 11.5 Å². The highest BCUT2D eigenvalue weighted by molar-refractivity contribution is 9.10. The van der Waals surface area contributed by atoms with Crippen LogP contribution in [0, 0.1) is 0 Å². The second-order valence-electron chi connectivity index (χ2n) is 4.64. The fraction of sp³-hybridized carbons (Fsp3) is 0.235. The molecular weight excluding hydrogens is 346 g/mol. The van der Waals surface area contributed by atoms with Crippen LogP contribution in [0.3, 0.4) is 0 Å². The van der Waals surface area contributed by atoms with E-state index in [-0.39, 0.29) is 5.91 Å². The summed E-state index contributed by atoms with van der Waals surface area (Å²) in [6.07, 6.45) is -0.606. The van der Waals surface area contributed by atoms with Gasteiger partial charge in [0.15, 0.2) is 6.10 Å². The van der Waals surface area contributed by atoms with Crippen LogP contribution in [0.5, 0.6) is 11.5 Å². The van der Waals surface area contributed by atoms with Gasteiger partial charge in [-0.1, -0.05) is 12.1 Å². The number of carbonyl (C=O) groups excluding carboxylic acids is 1. The summed E-state index contributed by atoms with van der Waals surface area (Å²) >= 11 is 3.39. The average molecular weight is 364 g/mol. The largest absolute Gasteiger partial charge is 0.494 e. The van der Waals surface area contributed by atoms with E-state index in [0.717, 1.165) is 10.2 Å². The number of ether oxygens (including phenoxy) is 2. The predicted octanol–water partition coefficient (Wildman–Crippen LogP) is 4.25. The summed E-state index contributed by atoms with van der Waals surface area (Å²) in [5, 5.41) is 2.82. The summed E-state index contributed by atoms with van der Waals surface area (Å²) in [4.78, 5) is 12.2. The van der Waals surface area contributed by atoms with Gasteiger partial charge in [0, 0.05) is 5.69 Å². The molecule has 22 heavy (non-hydrogen) atoms. The Kier molecular flexibility index (Phi) is 5.83. The molecule has 0 saturated heterocycles. The van der Waals surface area contributed by atoms with E-state index in [0.29, 0.717) is 18.0 Å². The van der Waals surface area contributed by atoms with Gasteiger partial charge in [-0.05, 0) is 66.2 Å². The van der Waals surface area contributed by atoms with Crippen molar-refractivity contribution >= 4 is 27.5 Å². The first-order valence-electron chi connectivity index (χ1n) is 7.05. The number of nitrogens with one attached hydrogen (secondary N) is 1. The van der Waals surface area contributed by atoms with Crippen molar-refractivity contribution in [3.63, 3.8) is 0 Å². The van der Waals surface area contributed by atoms with E-state index >= 15 is 0 Å². The molecule has 4 nitrogen and oxygen atoms in total. The van der Waals surface area contributed by atoms with Crippen LogP contribution in [0.25, 0.3) is 0 Å². The van der Waals surface area contributed by atoms with Crippen molar-refractivity contribution < 1.29 is 14.3 Å². The Morgan fingerprint density at radius 1 is 1.18 bits per heavy atom. The summed E-state index contributed by atoms with van der Waals surface area (Å²) in [7, 11) is 0. The smallest absolute Gasteiger partial charge is 0.265 e. The van der Waals surface area contributed by atoms with Crippen LogP contribution in [0.1, 0.15) is 13.8 Å². The Morgan fingerprint density at radius 3 is 2.50 bits per heavy atom. The van der Waals surface area contributed by atoms with Crippen LogP contribution in [-0.2, 0) is 4.79 Å². The molecule has 5 heteroatoms. The number of carbonyl (C=O) groups is 1. The van der Waals surface area contributed by atoms with Gasteiger partial charge < -0.3 is 14.8 Å². The molecule has 0 radical (unpaired) electrons. The summed E-state index contributed by atoms with van der Waals surface area (Å²) in [6, 6.07) is 14.7. The molecule has 0 saturated carbocycles. The summed E-state index contributed by atoms with van der Waals surface area (Å²) in [5.74, 6) is 1.20. The first-order chi connectivity index (χ1) is 10.6. The van der Waals surface area contributed by atoms with Crippen LogP contribution in [-0.4, -0.2) is 18.6 Å². The second kappa shape index (κ2) is 7.84. The minimum atomic E-state index is -0.606. The molecular formula is C17H18BrNO3. The van der Waals surface area contributed by atoms with E-state index in [1.165, 1.54) is 0 Å². The number of amides is 1. The molecule has 0 aliphatic heterocycles. The summed E-state index contributed by atoms with van der Waals surface area (Å²) in [5.41, 5.74) is 0.705. The summed E-state index contributed by atoms with van der Waals surface area (Å²) < 4.78 is 11.8. The molecule has 1 atom stereocenters. The SMILES string of the molecule is CCOc1ccc(NC(=O)C(C)Oc2ccccc2Br)cc1. The normalized spacial score (nSPS) is 11.6. The Bertz CT molecular complexity index is 628. The van der Waals surface area contributed by atoms with Gasteiger partial charge in [-0.3, -0.25) is 4.79 Å². The first kappa shape index (κ1) is 16.4. The van der Waals surface area contributed by atoms with E-state index in [4.69, 9.17) is 9.47 Å². The number of anilines is 1. The average Bonchev–Trinajstić information content (AvgIpc) is 2.51. The van der Waals surface area contributed by atoms with Gasteiger partial charge >= 0.3 is 0 Å². The molecule has 0 aromatic heterocycles. The van der Waals surface area contributed by atoms with E-state index in [9.17, 15) is 4.79 Å². The van der Waals surface area contributed by atoms with Gasteiger partial charge in [0.25, 0.3) is 5.91 Å². The van der Waals surface area contributed by atoms with Gasteiger partial charge in [-0.25, -0.2) is 0 Å². The molecule has 0 spiro atoms.